The van der Waals surface area contributed by atoms with E-state index in [0.717, 1.165) is 5.56 Å². The first-order chi connectivity index (χ1) is 10.7. The minimum atomic E-state index is -0.686. The van der Waals surface area contributed by atoms with Crippen LogP contribution in [0.2, 0.25) is 0 Å². The number of aliphatic hydroxyl groups excluding tert-OH is 1. The standard InChI is InChI=1S/C16H18N2O3S/c19-8-6-13(12-4-2-1-3-5-12)10-17-15(20)16(21)18-14-7-9-22-11-14/h1-5,7,9,11,13,19H,6,8,10H2,(H,17,20)(H,18,21). The van der Waals surface area contributed by atoms with Crippen molar-refractivity contribution in [3.05, 3.63) is 52.7 Å². The molecule has 0 saturated carbocycles. The van der Waals surface area contributed by atoms with E-state index in [9.17, 15) is 9.59 Å². The number of carbonyl (C=O) groups excluding carboxylic acids is 2. The lowest BCUT2D eigenvalue weighted by Gasteiger charge is -2.16. The highest BCUT2D eigenvalue weighted by Crippen LogP contribution is 2.18. The molecule has 5 nitrogen and oxygen atoms in total. The Hall–Kier alpha value is -2.18. The molecule has 0 saturated heterocycles. The maximum Gasteiger partial charge on any atom is 0.313 e. The van der Waals surface area contributed by atoms with Gasteiger partial charge in [0.15, 0.2) is 0 Å². The number of benzene rings is 1. The molecule has 6 heteroatoms. The Bertz CT molecular complexity index is 599. The van der Waals surface area contributed by atoms with E-state index in [0.29, 0.717) is 18.7 Å². The Morgan fingerprint density at radius 1 is 1.14 bits per heavy atom. The van der Waals surface area contributed by atoms with Crippen molar-refractivity contribution < 1.29 is 14.7 Å². The van der Waals surface area contributed by atoms with Crippen LogP contribution in [-0.2, 0) is 9.59 Å². The van der Waals surface area contributed by atoms with Gasteiger partial charge in [0.05, 0.1) is 5.69 Å². The molecule has 0 spiro atoms. The predicted molar refractivity (Wildman–Crippen MR) is 86.8 cm³/mol. The molecule has 2 aromatic rings. The van der Waals surface area contributed by atoms with Crippen LogP contribution in [0.25, 0.3) is 0 Å². The molecule has 2 amide bonds. The number of hydrogen-bond acceptors (Lipinski definition) is 4. The number of carbonyl (C=O) groups is 2. The van der Waals surface area contributed by atoms with Crippen molar-refractivity contribution in [1.82, 2.24) is 5.32 Å². The van der Waals surface area contributed by atoms with Gasteiger partial charge in [0.1, 0.15) is 0 Å². The van der Waals surface area contributed by atoms with Gasteiger partial charge in [-0.05, 0) is 23.4 Å². The van der Waals surface area contributed by atoms with Crippen LogP contribution in [-0.4, -0.2) is 30.1 Å². The van der Waals surface area contributed by atoms with Gasteiger partial charge in [-0.3, -0.25) is 9.59 Å². The van der Waals surface area contributed by atoms with Crippen LogP contribution < -0.4 is 10.6 Å². The van der Waals surface area contributed by atoms with E-state index in [1.807, 2.05) is 35.7 Å². The van der Waals surface area contributed by atoms with Crippen LogP contribution in [0.1, 0.15) is 17.9 Å². The molecular formula is C16H18N2O3S. The van der Waals surface area contributed by atoms with Gasteiger partial charge in [0.25, 0.3) is 0 Å². The maximum absolute atomic E-state index is 11.8. The van der Waals surface area contributed by atoms with Gasteiger partial charge in [-0.2, -0.15) is 11.3 Å². The third-order valence-corrected chi connectivity index (χ3v) is 3.93. The van der Waals surface area contributed by atoms with E-state index in [1.54, 1.807) is 11.4 Å². The molecule has 2 rings (SSSR count). The molecule has 1 aromatic heterocycles. The normalized spacial score (nSPS) is 11.7. The van der Waals surface area contributed by atoms with E-state index in [1.165, 1.54) is 11.3 Å². The third kappa shape index (κ3) is 4.68. The highest BCUT2D eigenvalue weighted by Gasteiger charge is 2.17. The van der Waals surface area contributed by atoms with Gasteiger partial charge in [0.2, 0.25) is 0 Å². The van der Waals surface area contributed by atoms with Crippen molar-refractivity contribution >= 4 is 28.8 Å². The first-order valence-corrected chi connectivity index (χ1v) is 7.92. The molecule has 0 fully saturated rings. The average Bonchev–Trinajstić information content (AvgIpc) is 3.04. The molecule has 1 unspecified atom stereocenters. The number of rotatable bonds is 6. The Balaban J connectivity index is 1.88. The summed E-state index contributed by atoms with van der Waals surface area (Å²) in [4.78, 5) is 23.6. The quantitative estimate of drug-likeness (QED) is 0.713. The van der Waals surface area contributed by atoms with E-state index in [4.69, 9.17) is 5.11 Å². The van der Waals surface area contributed by atoms with Crippen molar-refractivity contribution in [3.63, 3.8) is 0 Å². The number of nitrogens with one attached hydrogen (secondary N) is 2. The van der Waals surface area contributed by atoms with Crippen LogP contribution in [0.3, 0.4) is 0 Å². The van der Waals surface area contributed by atoms with Crippen LogP contribution in [0.5, 0.6) is 0 Å². The second kappa shape index (κ2) is 8.31. The molecule has 0 bridgehead atoms. The Morgan fingerprint density at radius 2 is 1.91 bits per heavy atom. The summed E-state index contributed by atoms with van der Waals surface area (Å²) >= 11 is 1.44. The highest BCUT2D eigenvalue weighted by atomic mass is 32.1. The molecule has 3 N–H and O–H groups in total. The number of amides is 2. The van der Waals surface area contributed by atoms with E-state index < -0.39 is 11.8 Å². The van der Waals surface area contributed by atoms with E-state index >= 15 is 0 Å². The van der Waals surface area contributed by atoms with Gasteiger partial charge >= 0.3 is 11.8 Å². The average molecular weight is 318 g/mol. The second-order valence-electron chi connectivity index (χ2n) is 4.80. The Kier molecular flexibility index (Phi) is 6.12. The summed E-state index contributed by atoms with van der Waals surface area (Å²) in [6.07, 6.45) is 0.524. The number of thiophene rings is 1. The van der Waals surface area contributed by atoms with Gasteiger partial charge in [-0.1, -0.05) is 30.3 Å². The van der Waals surface area contributed by atoms with Crippen LogP contribution in [0.15, 0.2) is 47.2 Å². The Labute approximate surface area is 133 Å². The summed E-state index contributed by atoms with van der Waals surface area (Å²) in [5.41, 5.74) is 1.63. The molecule has 116 valence electrons. The first kappa shape index (κ1) is 16.2. The SMILES string of the molecule is O=C(NCC(CCO)c1ccccc1)C(=O)Nc1ccsc1. The lowest BCUT2D eigenvalue weighted by molar-refractivity contribution is -0.136. The minimum Gasteiger partial charge on any atom is -0.396 e. The second-order valence-corrected chi connectivity index (χ2v) is 5.58. The topological polar surface area (TPSA) is 78.4 Å². The highest BCUT2D eigenvalue weighted by molar-refractivity contribution is 7.08. The molecular weight excluding hydrogens is 300 g/mol. The molecule has 1 heterocycles. The van der Waals surface area contributed by atoms with Gasteiger partial charge < -0.3 is 15.7 Å². The summed E-state index contributed by atoms with van der Waals surface area (Å²) in [5.74, 6) is -1.39. The zero-order valence-corrected chi connectivity index (χ0v) is 12.8. The molecule has 0 aliphatic heterocycles. The summed E-state index contributed by atoms with van der Waals surface area (Å²) in [7, 11) is 0. The number of aliphatic hydroxyl groups is 1. The van der Waals surface area contributed by atoms with Crippen LogP contribution in [0.4, 0.5) is 5.69 Å². The first-order valence-electron chi connectivity index (χ1n) is 6.98. The van der Waals surface area contributed by atoms with Gasteiger partial charge in [-0.15, -0.1) is 0 Å². The molecule has 1 atom stereocenters. The zero-order chi connectivity index (χ0) is 15.8. The summed E-state index contributed by atoms with van der Waals surface area (Å²) in [6, 6.07) is 11.3. The molecule has 0 aliphatic carbocycles. The summed E-state index contributed by atoms with van der Waals surface area (Å²) < 4.78 is 0. The minimum absolute atomic E-state index is 0.0240. The largest absolute Gasteiger partial charge is 0.396 e. The van der Waals surface area contributed by atoms with Crippen molar-refractivity contribution in [2.45, 2.75) is 12.3 Å². The van der Waals surface area contributed by atoms with E-state index in [2.05, 4.69) is 10.6 Å². The van der Waals surface area contributed by atoms with Crippen molar-refractivity contribution in [1.29, 1.82) is 0 Å². The lowest BCUT2D eigenvalue weighted by Crippen LogP contribution is -2.37. The van der Waals surface area contributed by atoms with Gasteiger partial charge in [0, 0.05) is 24.4 Å². The van der Waals surface area contributed by atoms with Crippen molar-refractivity contribution in [2.24, 2.45) is 0 Å². The van der Waals surface area contributed by atoms with E-state index in [-0.39, 0.29) is 12.5 Å². The molecule has 0 aliphatic rings. The molecule has 0 radical (unpaired) electrons. The summed E-state index contributed by atoms with van der Waals surface area (Å²) in [5, 5.41) is 17.9. The smallest absolute Gasteiger partial charge is 0.313 e. The fraction of sp³-hybridized carbons (Fsp3) is 0.250. The fourth-order valence-corrected chi connectivity index (χ4v) is 2.68. The van der Waals surface area contributed by atoms with Crippen LogP contribution >= 0.6 is 11.3 Å². The van der Waals surface area contributed by atoms with Crippen molar-refractivity contribution in [3.8, 4) is 0 Å². The predicted octanol–water partition coefficient (Wildman–Crippen LogP) is 1.97. The number of anilines is 1. The summed E-state index contributed by atoms with van der Waals surface area (Å²) in [6.45, 7) is 0.330. The van der Waals surface area contributed by atoms with Gasteiger partial charge in [-0.25, -0.2) is 0 Å². The van der Waals surface area contributed by atoms with Crippen molar-refractivity contribution in [2.75, 3.05) is 18.5 Å². The molecule has 1 aromatic carbocycles. The molecule has 22 heavy (non-hydrogen) atoms. The fourth-order valence-electron chi connectivity index (χ4n) is 2.09. The zero-order valence-electron chi connectivity index (χ0n) is 12.0. The Morgan fingerprint density at radius 3 is 2.55 bits per heavy atom. The third-order valence-electron chi connectivity index (χ3n) is 3.24. The monoisotopic (exact) mass is 318 g/mol. The lowest BCUT2D eigenvalue weighted by atomic mass is 9.96. The van der Waals surface area contributed by atoms with Crippen LogP contribution in [0, 0.1) is 0 Å². The maximum atomic E-state index is 11.8. The number of hydrogen-bond donors (Lipinski definition) is 3.